The van der Waals surface area contributed by atoms with E-state index in [2.05, 4.69) is 10.9 Å². The van der Waals surface area contributed by atoms with E-state index in [-0.39, 0.29) is 22.9 Å². The summed E-state index contributed by atoms with van der Waals surface area (Å²) < 4.78 is 5.42. The molecule has 0 aliphatic heterocycles. The largest absolute Gasteiger partial charge is 0.484 e. The highest BCUT2D eigenvalue weighted by Crippen LogP contribution is 2.22. The Morgan fingerprint density at radius 2 is 1.75 bits per heavy atom. The van der Waals surface area contributed by atoms with Gasteiger partial charge in [-0.1, -0.05) is 41.9 Å². The summed E-state index contributed by atoms with van der Waals surface area (Å²) in [5, 5.41) is 12.6. The van der Waals surface area contributed by atoms with Crippen LogP contribution in [0.2, 0.25) is 5.02 Å². The maximum Gasteiger partial charge on any atom is 0.276 e. The molecule has 0 radical (unpaired) electrons. The van der Waals surface area contributed by atoms with Gasteiger partial charge >= 0.3 is 0 Å². The highest BCUT2D eigenvalue weighted by atomic mass is 35.5. The van der Waals surface area contributed by atoms with Crippen LogP contribution < -0.4 is 15.6 Å². The summed E-state index contributed by atoms with van der Waals surface area (Å²) >= 11 is 5.87. The van der Waals surface area contributed by atoms with Crippen molar-refractivity contribution in [2.45, 2.75) is 0 Å². The minimum absolute atomic E-state index is 0.0111. The Labute approximate surface area is 164 Å². The third kappa shape index (κ3) is 4.54. The van der Waals surface area contributed by atoms with Crippen LogP contribution in [0.15, 0.2) is 60.7 Å². The first-order valence-corrected chi connectivity index (χ1v) is 8.46. The molecule has 0 atom stereocenters. The number of nitrogens with one attached hydrogen (secondary N) is 2. The average Bonchev–Trinajstić information content (AvgIpc) is 2.70. The maximum atomic E-state index is 12.1. The molecule has 0 aliphatic rings. The lowest BCUT2D eigenvalue weighted by atomic mass is 10.1. The quantitative estimate of drug-likeness (QED) is 0.505. The molecule has 0 spiro atoms. The summed E-state index contributed by atoms with van der Waals surface area (Å²) in [4.78, 5) is 34.0. The number of hydrogen-bond acceptors (Lipinski definition) is 5. The van der Waals surface area contributed by atoms with Gasteiger partial charge in [0.05, 0.1) is 15.5 Å². The van der Waals surface area contributed by atoms with Crippen LogP contribution in [0.5, 0.6) is 5.75 Å². The molecule has 3 aromatic rings. The zero-order chi connectivity index (χ0) is 20.1. The SMILES string of the molecule is O=C(COc1ccc2ccccc2c1)NNC(=O)c1ccc([N+](=O)[O-])cc1Cl. The normalized spacial score (nSPS) is 10.3. The fraction of sp³-hybridized carbons (Fsp3) is 0.0526. The number of hydrazine groups is 1. The van der Waals surface area contributed by atoms with Crippen molar-refractivity contribution in [1.29, 1.82) is 0 Å². The summed E-state index contributed by atoms with van der Waals surface area (Å²) in [5.41, 5.74) is 4.13. The summed E-state index contributed by atoms with van der Waals surface area (Å²) in [6.07, 6.45) is 0. The maximum absolute atomic E-state index is 12.1. The molecule has 0 saturated carbocycles. The van der Waals surface area contributed by atoms with Gasteiger partial charge in [-0.25, -0.2) is 0 Å². The van der Waals surface area contributed by atoms with Gasteiger partial charge in [0.2, 0.25) is 0 Å². The predicted octanol–water partition coefficient (Wildman–Crippen LogP) is 3.24. The third-order valence-corrected chi connectivity index (χ3v) is 4.13. The first kappa shape index (κ1) is 19.1. The van der Waals surface area contributed by atoms with E-state index in [0.717, 1.165) is 22.9 Å². The van der Waals surface area contributed by atoms with E-state index in [1.54, 1.807) is 12.1 Å². The van der Waals surface area contributed by atoms with Crippen molar-refractivity contribution in [3.63, 3.8) is 0 Å². The standard InChI is InChI=1S/C19H14ClN3O5/c20-17-10-14(23(26)27)6-8-16(17)19(25)22-21-18(24)11-28-15-7-5-12-3-1-2-4-13(12)9-15/h1-10H,11H2,(H,21,24)(H,22,25). The zero-order valence-corrected chi connectivity index (χ0v) is 15.1. The lowest BCUT2D eigenvalue weighted by Gasteiger charge is -2.10. The van der Waals surface area contributed by atoms with Gasteiger partial charge < -0.3 is 4.74 Å². The van der Waals surface area contributed by atoms with Crippen LogP contribution in [0, 0.1) is 10.1 Å². The lowest BCUT2D eigenvalue weighted by molar-refractivity contribution is -0.384. The second-order valence-corrected chi connectivity index (χ2v) is 6.13. The van der Waals surface area contributed by atoms with Gasteiger partial charge in [-0.15, -0.1) is 0 Å². The fourth-order valence-corrected chi connectivity index (χ4v) is 2.70. The first-order valence-electron chi connectivity index (χ1n) is 8.09. The molecule has 0 aliphatic carbocycles. The highest BCUT2D eigenvalue weighted by molar-refractivity contribution is 6.34. The van der Waals surface area contributed by atoms with Crippen LogP contribution in [0.25, 0.3) is 10.8 Å². The van der Waals surface area contributed by atoms with Gasteiger partial charge in [-0.05, 0) is 29.0 Å². The van der Waals surface area contributed by atoms with Gasteiger partial charge in [-0.3, -0.25) is 30.6 Å². The van der Waals surface area contributed by atoms with E-state index in [0.29, 0.717) is 5.75 Å². The van der Waals surface area contributed by atoms with E-state index >= 15 is 0 Å². The van der Waals surface area contributed by atoms with Crippen molar-refractivity contribution >= 4 is 39.9 Å². The topological polar surface area (TPSA) is 111 Å². The minimum Gasteiger partial charge on any atom is -0.484 e. The van der Waals surface area contributed by atoms with E-state index in [9.17, 15) is 19.7 Å². The van der Waals surface area contributed by atoms with Crippen molar-refractivity contribution in [3.8, 4) is 5.75 Å². The molecule has 8 nitrogen and oxygen atoms in total. The Kier molecular flexibility index (Phi) is 5.71. The Balaban J connectivity index is 1.53. The summed E-state index contributed by atoms with van der Waals surface area (Å²) in [6.45, 7) is -0.313. The van der Waals surface area contributed by atoms with E-state index in [1.165, 1.54) is 6.07 Å². The average molecular weight is 400 g/mol. The van der Waals surface area contributed by atoms with Gasteiger partial charge in [0.15, 0.2) is 6.61 Å². The van der Waals surface area contributed by atoms with Gasteiger partial charge in [0.25, 0.3) is 17.5 Å². The van der Waals surface area contributed by atoms with Crippen molar-refractivity contribution < 1.29 is 19.2 Å². The molecule has 0 fully saturated rings. The number of nitrogens with zero attached hydrogens (tertiary/aromatic N) is 1. The summed E-state index contributed by atoms with van der Waals surface area (Å²) in [6, 6.07) is 16.5. The molecule has 0 bridgehead atoms. The monoisotopic (exact) mass is 399 g/mol. The number of non-ortho nitro benzene ring substituents is 1. The predicted molar refractivity (Wildman–Crippen MR) is 103 cm³/mol. The molecule has 2 N–H and O–H groups in total. The van der Waals surface area contributed by atoms with Gasteiger partial charge in [0.1, 0.15) is 5.75 Å². The van der Waals surface area contributed by atoms with Crippen molar-refractivity contribution in [1.82, 2.24) is 10.9 Å². The first-order chi connectivity index (χ1) is 13.4. The molecule has 3 rings (SSSR count). The number of hydrogen-bond donors (Lipinski definition) is 2. The summed E-state index contributed by atoms with van der Waals surface area (Å²) in [7, 11) is 0. The van der Waals surface area contributed by atoms with E-state index in [4.69, 9.17) is 16.3 Å². The van der Waals surface area contributed by atoms with Crippen molar-refractivity contribution in [2.24, 2.45) is 0 Å². The van der Waals surface area contributed by atoms with Crippen LogP contribution in [0.4, 0.5) is 5.69 Å². The van der Waals surface area contributed by atoms with Crippen LogP contribution in [0.1, 0.15) is 10.4 Å². The second-order valence-electron chi connectivity index (χ2n) is 5.72. The minimum atomic E-state index is -0.709. The molecule has 0 unspecified atom stereocenters. The van der Waals surface area contributed by atoms with Crippen molar-refractivity contribution in [3.05, 3.63) is 81.4 Å². The van der Waals surface area contributed by atoms with E-state index < -0.39 is 16.7 Å². The third-order valence-electron chi connectivity index (χ3n) is 3.81. The Bertz CT molecular complexity index is 1070. The number of halogens is 1. The number of carbonyl (C=O) groups excluding carboxylic acids is 2. The fourth-order valence-electron chi connectivity index (χ4n) is 2.44. The lowest BCUT2D eigenvalue weighted by Crippen LogP contribution is -2.43. The van der Waals surface area contributed by atoms with E-state index in [1.807, 2.05) is 30.3 Å². The molecule has 0 saturated heterocycles. The van der Waals surface area contributed by atoms with Gasteiger partial charge in [-0.2, -0.15) is 0 Å². The number of carbonyl (C=O) groups is 2. The molecule has 0 heterocycles. The molecule has 0 aromatic heterocycles. The highest BCUT2D eigenvalue weighted by Gasteiger charge is 2.15. The number of fused-ring (bicyclic) bond motifs is 1. The zero-order valence-electron chi connectivity index (χ0n) is 14.3. The summed E-state index contributed by atoms with van der Waals surface area (Å²) in [5.74, 6) is -0.780. The smallest absolute Gasteiger partial charge is 0.276 e. The number of ether oxygens (including phenoxy) is 1. The molecule has 9 heteroatoms. The Morgan fingerprint density at radius 1 is 1.00 bits per heavy atom. The van der Waals surface area contributed by atoms with Gasteiger partial charge in [0, 0.05) is 12.1 Å². The molecular weight excluding hydrogens is 386 g/mol. The van der Waals surface area contributed by atoms with Crippen LogP contribution in [-0.2, 0) is 4.79 Å². The Hall–Kier alpha value is -3.65. The number of rotatable bonds is 5. The molecular formula is C19H14ClN3O5. The van der Waals surface area contributed by atoms with Crippen LogP contribution in [0.3, 0.4) is 0 Å². The second kappa shape index (κ2) is 8.36. The number of amides is 2. The van der Waals surface area contributed by atoms with Crippen molar-refractivity contribution in [2.75, 3.05) is 6.61 Å². The number of benzene rings is 3. The molecule has 2 amide bonds. The molecule has 3 aromatic carbocycles. The van der Waals surface area contributed by atoms with Crippen LogP contribution in [-0.4, -0.2) is 23.3 Å². The molecule has 28 heavy (non-hydrogen) atoms. The number of nitro benzene ring substituents is 1. The number of nitro groups is 1. The Morgan fingerprint density at radius 3 is 2.46 bits per heavy atom. The molecule has 142 valence electrons. The van der Waals surface area contributed by atoms with Crippen LogP contribution >= 0.6 is 11.6 Å².